The van der Waals surface area contributed by atoms with E-state index < -0.39 is 4.92 Å². The molecule has 0 aliphatic heterocycles. The molecule has 27 heavy (non-hydrogen) atoms. The van der Waals surface area contributed by atoms with E-state index in [4.69, 9.17) is 0 Å². The molecule has 9 heteroatoms. The molecule has 9 nitrogen and oxygen atoms in total. The minimum Gasteiger partial charge on any atom is -0.353 e. The molecular formula is C18H21N5O4. The first-order valence-electron chi connectivity index (χ1n) is 8.90. The van der Waals surface area contributed by atoms with E-state index in [9.17, 15) is 19.7 Å². The molecule has 2 amide bonds. The summed E-state index contributed by atoms with van der Waals surface area (Å²) < 4.78 is 1.46. The first-order chi connectivity index (χ1) is 13.0. The number of nitrogens with zero attached hydrogens (tertiary/aromatic N) is 3. The summed E-state index contributed by atoms with van der Waals surface area (Å²) in [6, 6.07) is 6.13. The van der Waals surface area contributed by atoms with Gasteiger partial charge in [-0.2, -0.15) is 5.10 Å². The number of non-ortho nitro benzene ring substituents is 1. The maximum absolute atomic E-state index is 12.2. The van der Waals surface area contributed by atoms with Crippen LogP contribution in [0.5, 0.6) is 0 Å². The van der Waals surface area contributed by atoms with Crippen molar-refractivity contribution >= 4 is 17.5 Å². The summed E-state index contributed by atoms with van der Waals surface area (Å²) in [5.74, 6) is -0.374. The Morgan fingerprint density at radius 2 is 1.93 bits per heavy atom. The standard InChI is InChI=1S/C18H21N5O4/c24-17(21-14-3-1-2-4-14)9-10-19-18(25)13-11-20-22(12-13)15-5-7-16(8-6-15)23(26)27/h5-8,11-12,14H,1-4,9-10H2,(H,19,25)(H,21,24). The lowest BCUT2D eigenvalue weighted by Crippen LogP contribution is -2.35. The van der Waals surface area contributed by atoms with Crippen molar-refractivity contribution in [1.82, 2.24) is 20.4 Å². The molecule has 0 saturated heterocycles. The van der Waals surface area contributed by atoms with Crippen LogP contribution in [0.15, 0.2) is 36.7 Å². The number of nitro groups is 1. The van der Waals surface area contributed by atoms with Gasteiger partial charge in [0.15, 0.2) is 0 Å². The topological polar surface area (TPSA) is 119 Å². The fourth-order valence-electron chi connectivity index (χ4n) is 3.07. The van der Waals surface area contributed by atoms with E-state index in [-0.39, 0.29) is 36.5 Å². The molecule has 142 valence electrons. The molecule has 0 unspecified atom stereocenters. The van der Waals surface area contributed by atoms with Crippen LogP contribution in [0, 0.1) is 10.1 Å². The number of carbonyl (C=O) groups is 2. The summed E-state index contributed by atoms with van der Waals surface area (Å²) in [4.78, 5) is 34.2. The number of nitrogens with one attached hydrogen (secondary N) is 2. The van der Waals surface area contributed by atoms with Gasteiger partial charge in [0, 0.05) is 37.3 Å². The normalized spacial score (nSPS) is 14.1. The van der Waals surface area contributed by atoms with Crippen molar-refractivity contribution in [2.24, 2.45) is 0 Å². The molecule has 1 aromatic heterocycles. The molecule has 0 bridgehead atoms. The smallest absolute Gasteiger partial charge is 0.269 e. The first-order valence-corrected chi connectivity index (χ1v) is 8.90. The van der Waals surface area contributed by atoms with Crippen LogP contribution in [0.25, 0.3) is 5.69 Å². The summed E-state index contributed by atoms with van der Waals surface area (Å²) >= 11 is 0. The van der Waals surface area contributed by atoms with Gasteiger partial charge in [-0.3, -0.25) is 19.7 Å². The van der Waals surface area contributed by atoms with E-state index in [0.717, 1.165) is 25.7 Å². The van der Waals surface area contributed by atoms with Crippen LogP contribution in [-0.2, 0) is 4.79 Å². The Hall–Kier alpha value is -3.23. The molecule has 1 aromatic carbocycles. The highest BCUT2D eigenvalue weighted by Crippen LogP contribution is 2.17. The Kier molecular flexibility index (Phi) is 5.80. The number of carbonyl (C=O) groups excluding carboxylic acids is 2. The molecule has 1 aliphatic rings. The summed E-state index contributed by atoms with van der Waals surface area (Å²) in [5, 5.41) is 20.5. The van der Waals surface area contributed by atoms with Crippen LogP contribution in [0.3, 0.4) is 0 Å². The third-order valence-electron chi connectivity index (χ3n) is 4.53. The van der Waals surface area contributed by atoms with Gasteiger partial charge >= 0.3 is 0 Å². The van der Waals surface area contributed by atoms with Crippen molar-refractivity contribution in [2.75, 3.05) is 6.54 Å². The van der Waals surface area contributed by atoms with Gasteiger partial charge in [0.2, 0.25) is 5.91 Å². The lowest BCUT2D eigenvalue weighted by Gasteiger charge is -2.11. The van der Waals surface area contributed by atoms with Crippen molar-refractivity contribution in [3.8, 4) is 5.69 Å². The van der Waals surface area contributed by atoms with E-state index in [1.54, 1.807) is 12.1 Å². The number of nitro benzene ring substituents is 1. The second kappa shape index (κ2) is 8.43. The molecule has 1 saturated carbocycles. The van der Waals surface area contributed by atoms with Crippen LogP contribution in [-0.4, -0.2) is 39.1 Å². The largest absolute Gasteiger partial charge is 0.353 e. The van der Waals surface area contributed by atoms with E-state index >= 15 is 0 Å². The van der Waals surface area contributed by atoms with E-state index in [2.05, 4.69) is 15.7 Å². The zero-order valence-electron chi connectivity index (χ0n) is 14.8. The quantitative estimate of drug-likeness (QED) is 0.569. The minimum absolute atomic E-state index is 0.0141. The van der Waals surface area contributed by atoms with Crippen molar-refractivity contribution in [3.05, 3.63) is 52.3 Å². The predicted molar refractivity (Wildman–Crippen MR) is 97.6 cm³/mol. The Morgan fingerprint density at radius 1 is 1.22 bits per heavy atom. The van der Waals surface area contributed by atoms with Gasteiger partial charge < -0.3 is 10.6 Å². The molecule has 0 spiro atoms. The number of hydrogen-bond donors (Lipinski definition) is 2. The summed E-state index contributed by atoms with van der Waals surface area (Å²) in [7, 11) is 0. The van der Waals surface area contributed by atoms with Gasteiger partial charge in [-0.15, -0.1) is 0 Å². The van der Waals surface area contributed by atoms with Crippen molar-refractivity contribution in [2.45, 2.75) is 38.1 Å². The fourth-order valence-corrected chi connectivity index (χ4v) is 3.07. The Morgan fingerprint density at radius 3 is 2.59 bits per heavy atom. The average Bonchev–Trinajstić information content (AvgIpc) is 3.33. The van der Waals surface area contributed by atoms with E-state index in [1.165, 1.54) is 29.2 Å². The van der Waals surface area contributed by atoms with Crippen LogP contribution in [0.2, 0.25) is 0 Å². The maximum Gasteiger partial charge on any atom is 0.269 e. The molecule has 1 fully saturated rings. The van der Waals surface area contributed by atoms with Crippen LogP contribution in [0.4, 0.5) is 5.69 Å². The lowest BCUT2D eigenvalue weighted by atomic mass is 10.2. The molecule has 1 heterocycles. The molecule has 2 N–H and O–H groups in total. The first kappa shape index (κ1) is 18.6. The van der Waals surface area contributed by atoms with Gasteiger partial charge in [0.05, 0.1) is 22.4 Å². The zero-order chi connectivity index (χ0) is 19.2. The second-order valence-corrected chi connectivity index (χ2v) is 6.50. The average molecular weight is 371 g/mol. The highest BCUT2D eigenvalue weighted by Gasteiger charge is 2.17. The predicted octanol–water partition coefficient (Wildman–Crippen LogP) is 1.96. The van der Waals surface area contributed by atoms with Gasteiger partial charge in [-0.25, -0.2) is 4.68 Å². The SMILES string of the molecule is O=C(CCNC(=O)c1cnn(-c2ccc([N+](=O)[O-])cc2)c1)NC1CCCC1. The Bertz CT molecular complexity index is 825. The molecule has 3 rings (SSSR count). The lowest BCUT2D eigenvalue weighted by molar-refractivity contribution is -0.384. The fraction of sp³-hybridized carbons (Fsp3) is 0.389. The Balaban J connectivity index is 1.49. The van der Waals surface area contributed by atoms with Gasteiger partial charge in [0.1, 0.15) is 0 Å². The number of aromatic nitrogens is 2. The highest BCUT2D eigenvalue weighted by molar-refractivity contribution is 5.94. The monoisotopic (exact) mass is 371 g/mol. The van der Waals surface area contributed by atoms with E-state index in [0.29, 0.717) is 11.3 Å². The zero-order valence-corrected chi connectivity index (χ0v) is 14.8. The van der Waals surface area contributed by atoms with Gasteiger partial charge in [-0.1, -0.05) is 12.8 Å². The van der Waals surface area contributed by atoms with Crippen molar-refractivity contribution in [1.29, 1.82) is 0 Å². The van der Waals surface area contributed by atoms with E-state index in [1.807, 2.05) is 0 Å². The van der Waals surface area contributed by atoms with Crippen LogP contribution < -0.4 is 10.6 Å². The summed E-state index contributed by atoms with van der Waals surface area (Å²) in [5.41, 5.74) is 0.944. The highest BCUT2D eigenvalue weighted by atomic mass is 16.6. The van der Waals surface area contributed by atoms with Gasteiger partial charge in [-0.05, 0) is 25.0 Å². The van der Waals surface area contributed by atoms with Crippen molar-refractivity contribution in [3.63, 3.8) is 0 Å². The molecular weight excluding hydrogens is 350 g/mol. The van der Waals surface area contributed by atoms with Crippen LogP contribution in [0.1, 0.15) is 42.5 Å². The third-order valence-corrected chi connectivity index (χ3v) is 4.53. The maximum atomic E-state index is 12.2. The molecule has 0 atom stereocenters. The second-order valence-electron chi connectivity index (χ2n) is 6.50. The van der Waals surface area contributed by atoms with Crippen LogP contribution >= 0.6 is 0 Å². The number of hydrogen-bond acceptors (Lipinski definition) is 5. The summed E-state index contributed by atoms with van der Waals surface area (Å²) in [6.07, 6.45) is 7.55. The molecule has 1 aliphatic carbocycles. The van der Waals surface area contributed by atoms with Gasteiger partial charge in [0.25, 0.3) is 11.6 Å². The molecule has 2 aromatic rings. The summed E-state index contributed by atoms with van der Waals surface area (Å²) in [6.45, 7) is 0.250. The third kappa shape index (κ3) is 4.90. The minimum atomic E-state index is -0.478. The Labute approximate surface area is 155 Å². The molecule has 0 radical (unpaired) electrons. The number of rotatable bonds is 7. The number of amides is 2. The number of benzene rings is 1. The van der Waals surface area contributed by atoms with Crippen molar-refractivity contribution < 1.29 is 14.5 Å².